The van der Waals surface area contributed by atoms with Crippen LogP contribution in [-0.2, 0) is 14.8 Å². The van der Waals surface area contributed by atoms with Crippen molar-refractivity contribution in [1.29, 1.82) is 0 Å². The summed E-state index contributed by atoms with van der Waals surface area (Å²) in [6, 6.07) is 11.5. The zero-order valence-electron chi connectivity index (χ0n) is 13.8. The number of carboxylic acids is 1. The van der Waals surface area contributed by atoms with E-state index in [1.54, 1.807) is 42.5 Å². The molecule has 3 rings (SSSR count). The van der Waals surface area contributed by atoms with Crippen LogP contribution in [0.15, 0.2) is 47.4 Å². The lowest BCUT2D eigenvalue weighted by molar-refractivity contribution is -0.138. The van der Waals surface area contributed by atoms with Crippen LogP contribution in [0.25, 0.3) is 0 Å². The van der Waals surface area contributed by atoms with Crippen molar-refractivity contribution in [2.75, 3.05) is 10.8 Å². The molecule has 25 heavy (non-hydrogen) atoms. The van der Waals surface area contributed by atoms with Gasteiger partial charge in [0.1, 0.15) is 5.92 Å². The van der Waals surface area contributed by atoms with Gasteiger partial charge in [0.2, 0.25) is 0 Å². The maximum Gasteiger partial charge on any atom is 0.312 e. The average Bonchev–Trinajstić information content (AvgIpc) is 2.97. The molecule has 5 nitrogen and oxygen atoms in total. The van der Waals surface area contributed by atoms with Gasteiger partial charge in [-0.05, 0) is 35.2 Å². The number of hydrogen-bond acceptors (Lipinski definition) is 3. The molecule has 132 valence electrons. The number of carbonyl (C=O) groups is 1. The van der Waals surface area contributed by atoms with Crippen LogP contribution in [-0.4, -0.2) is 26.0 Å². The predicted octanol–water partition coefficient (Wildman–Crippen LogP) is 3.84. The maximum atomic E-state index is 13.1. The van der Waals surface area contributed by atoms with Crippen LogP contribution in [0.5, 0.6) is 0 Å². The zero-order valence-corrected chi connectivity index (χ0v) is 15.4. The van der Waals surface area contributed by atoms with Crippen LogP contribution in [0.4, 0.5) is 5.69 Å². The number of halogens is 1. The quantitative estimate of drug-likeness (QED) is 0.875. The Morgan fingerprint density at radius 1 is 1.20 bits per heavy atom. The summed E-state index contributed by atoms with van der Waals surface area (Å²) in [5.41, 5.74) is 1.70. The van der Waals surface area contributed by atoms with Gasteiger partial charge < -0.3 is 5.11 Å². The van der Waals surface area contributed by atoms with Crippen molar-refractivity contribution in [3.8, 4) is 0 Å². The number of nitrogens with zero attached hydrogens (tertiary/aromatic N) is 1. The highest BCUT2D eigenvalue weighted by Crippen LogP contribution is 2.44. The number of aliphatic carboxylic acids is 1. The molecule has 0 fully saturated rings. The summed E-state index contributed by atoms with van der Waals surface area (Å²) in [6.45, 7) is 3.89. The van der Waals surface area contributed by atoms with E-state index < -0.39 is 21.9 Å². The van der Waals surface area contributed by atoms with E-state index in [2.05, 4.69) is 0 Å². The van der Waals surface area contributed by atoms with Gasteiger partial charge >= 0.3 is 5.97 Å². The minimum absolute atomic E-state index is 0.119. The molecule has 2 aromatic rings. The fourth-order valence-corrected chi connectivity index (χ4v) is 4.87. The lowest BCUT2D eigenvalue weighted by Gasteiger charge is -2.21. The van der Waals surface area contributed by atoms with Crippen molar-refractivity contribution in [2.45, 2.75) is 30.6 Å². The topological polar surface area (TPSA) is 74.7 Å². The number of para-hydroxylation sites is 1. The molecule has 1 unspecified atom stereocenters. The molecule has 0 saturated carbocycles. The van der Waals surface area contributed by atoms with E-state index in [-0.39, 0.29) is 28.1 Å². The van der Waals surface area contributed by atoms with Gasteiger partial charge in [-0.2, -0.15) is 0 Å². The zero-order chi connectivity index (χ0) is 18.4. The smallest absolute Gasteiger partial charge is 0.312 e. The normalized spacial score (nSPS) is 17.0. The highest BCUT2D eigenvalue weighted by Gasteiger charge is 2.41. The van der Waals surface area contributed by atoms with Crippen LogP contribution < -0.4 is 4.31 Å². The molecule has 0 bridgehead atoms. The molecule has 2 aromatic carbocycles. The Morgan fingerprint density at radius 2 is 1.84 bits per heavy atom. The largest absolute Gasteiger partial charge is 0.481 e. The van der Waals surface area contributed by atoms with E-state index >= 15 is 0 Å². The number of hydrogen-bond donors (Lipinski definition) is 1. The SMILES string of the molecule is CC(C)c1ccc(S(=O)(=O)N2CC(C(=O)O)c3cccc(Cl)c32)cc1. The van der Waals surface area contributed by atoms with Gasteiger partial charge in [0, 0.05) is 0 Å². The first-order valence-electron chi connectivity index (χ1n) is 7.87. The summed E-state index contributed by atoms with van der Waals surface area (Å²) >= 11 is 6.20. The highest BCUT2D eigenvalue weighted by molar-refractivity contribution is 7.92. The minimum Gasteiger partial charge on any atom is -0.481 e. The fraction of sp³-hybridized carbons (Fsp3) is 0.278. The standard InChI is InChI=1S/C18H18ClNO4S/c1-11(2)12-6-8-13(9-7-12)25(23,24)20-10-15(18(21)22)14-4-3-5-16(19)17(14)20/h3-9,11,15H,10H2,1-2H3,(H,21,22). The number of anilines is 1. The molecule has 0 saturated heterocycles. The monoisotopic (exact) mass is 379 g/mol. The van der Waals surface area contributed by atoms with Crippen molar-refractivity contribution in [3.63, 3.8) is 0 Å². The Balaban J connectivity index is 2.08. The molecule has 1 atom stereocenters. The first-order chi connectivity index (χ1) is 11.7. The number of carboxylic acid groups (broad SMARTS) is 1. The van der Waals surface area contributed by atoms with Gasteiger partial charge in [-0.25, -0.2) is 8.42 Å². The summed E-state index contributed by atoms with van der Waals surface area (Å²) < 4.78 is 27.3. The summed E-state index contributed by atoms with van der Waals surface area (Å²) in [7, 11) is -3.90. The summed E-state index contributed by atoms with van der Waals surface area (Å²) in [5.74, 6) is -1.72. The third-order valence-electron chi connectivity index (χ3n) is 4.42. The average molecular weight is 380 g/mol. The molecule has 7 heteroatoms. The Bertz CT molecular complexity index is 923. The maximum absolute atomic E-state index is 13.1. The van der Waals surface area contributed by atoms with E-state index in [1.165, 1.54) is 0 Å². The van der Waals surface area contributed by atoms with E-state index in [4.69, 9.17) is 11.6 Å². The highest BCUT2D eigenvalue weighted by atomic mass is 35.5. The summed E-state index contributed by atoms with van der Waals surface area (Å²) in [6.07, 6.45) is 0. The number of benzene rings is 2. The second-order valence-electron chi connectivity index (χ2n) is 6.33. The molecule has 1 N–H and O–H groups in total. The third kappa shape index (κ3) is 3.00. The van der Waals surface area contributed by atoms with Crippen LogP contribution in [0.2, 0.25) is 5.02 Å². The first kappa shape index (κ1) is 17.8. The second-order valence-corrected chi connectivity index (χ2v) is 8.60. The molecule has 0 aromatic heterocycles. The summed E-state index contributed by atoms with van der Waals surface area (Å²) in [4.78, 5) is 11.7. The Hall–Kier alpha value is -2.05. The lowest BCUT2D eigenvalue weighted by atomic mass is 10.0. The third-order valence-corrected chi connectivity index (χ3v) is 6.51. The van der Waals surface area contributed by atoms with Crippen LogP contribution in [0.3, 0.4) is 0 Å². The van der Waals surface area contributed by atoms with Gasteiger partial charge in [-0.1, -0.05) is 49.7 Å². The molecule has 1 aliphatic heterocycles. The summed E-state index contributed by atoms with van der Waals surface area (Å²) in [5, 5.41) is 9.66. The van der Waals surface area contributed by atoms with Crippen LogP contribution >= 0.6 is 11.6 Å². The van der Waals surface area contributed by atoms with Gasteiger partial charge in [0.05, 0.1) is 22.2 Å². The lowest BCUT2D eigenvalue weighted by Crippen LogP contribution is -2.31. The van der Waals surface area contributed by atoms with E-state index in [9.17, 15) is 18.3 Å². The van der Waals surface area contributed by atoms with Gasteiger partial charge in [0.15, 0.2) is 0 Å². The predicted molar refractivity (Wildman–Crippen MR) is 96.9 cm³/mol. The van der Waals surface area contributed by atoms with E-state index in [1.807, 2.05) is 13.8 Å². The van der Waals surface area contributed by atoms with E-state index in [0.717, 1.165) is 9.87 Å². The molecule has 0 spiro atoms. The Labute approximate surface area is 151 Å². The van der Waals surface area contributed by atoms with Crippen molar-refractivity contribution < 1.29 is 18.3 Å². The second kappa shape index (κ2) is 6.35. The number of rotatable bonds is 4. The molecule has 0 radical (unpaired) electrons. The molecular formula is C18H18ClNO4S. The fourth-order valence-electron chi connectivity index (χ4n) is 3.01. The molecule has 1 heterocycles. The number of fused-ring (bicyclic) bond motifs is 1. The Kier molecular flexibility index (Phi) is 4.51. The van der Waals surface area contributed by atoms with Crippen LogP contribution in [0.1, 0.15) is 36.8 Å². The molecule has 0 aliphatic carbocycles. The molecule has 1 aliphatic rings. The van der Waals surface area contributed by atoms with Gasteiger partial charge in [-0.3, -0.25) is 9.10 Å². The first-order valence-corrected chi connectivity index (χ1v) is 9.69. The van der Waals surface area contributed by atoms with Crippen molar-refractivity contribution in [2.24, 2.45) is 0 Å². The van der Waals surface area contributed by atoms with E-state index in [0.29, 0.717) is 5.56 Å². The van der Waals surface area contributed by atoms with Gasteiger partial charge in [0.25, 0.3) is 10.0 Å². The van der Waals surface area contributed by atoms with Crippen LogP contribution in [0, 0.1) is 0 Å². The van der Waals surface area contributed by atoms with Crippen molar-refractivity contribution in [1.82, 2.24) is 0 Å². The van der Waals surface area contributed by atoms with Crippen molar-refractivity contribution >= 4 is 33.3 Å². The van der Waals surface area contributed by atoms with Crippen molar-refractivity contribution in [3.05, 3.63) is 58.6 Å². The number of sulfonamides is 1. The molecule has 0 amide bonds. The van der Waals surface area contributed by atoms with Gasteiger partial charge in [-0.15, -0.1) is 0 Å². The Morgan fingerprint density at radius 3 is 2.40 bits per heavy atom. The minimum atomic E-state index is -3.90. The molecular weight excluding hydrogens is 362 g/mol.